The molecule has 0 radical (unpaired) electrons. The van der Waals surface area contributed by atoms with Crippen LogP contribution < -0.4 is 47.9 Å². The Labute approximate surface area is 606 Å². The number of anilines is 8. The van der Waals surface area contributed by atoms with Crippen molar-refractivity contribution < 1.29 is 9.47 Å². The maximum atomic E-state index is 5.65. The van der Waals surface area contributed by atoms with E-state index in [4.69, 9.17) is 25.2 Å². The third-order valence-electron chi connectivity index (χ3n) is 17.0. The number of nitrogens with zero attached hydrogens (tertiary/aromatic N) is 9. The molecule has 4 aromatic carbocycles. The largest absolute Gasteiger partial charge is 0.378 e. The van der Waals surface area contributed by atoms with Crippen LogP contribution in [-0.2, 0) is 41.8 Å². The van der Waals surface area contributed by atoms with Gasteiger partial charge in [0.15, 0.2) is 0 Å². The van der Waals surface area contributed by atoms with Crippen molar-refractivity contribution in [1.29, 1.82) is 0 Å². The Balaban J connectivity index is 0.000000214. The van der Waals surface area contributed by atoms with Crippen molar-refractivity contribution >= 4 is 47.1 Å². The lowest BCUT2D eigenvalue weighted by Gasteiger charge is -2.17. The number of hydrogen-bond acceptors (Lipinski definition) is 19. The average Bonchev–Trinajstić information content (AvgIpc) is 0.919. The Morgan fingerprint density at radius 2 is 0.792 bits per heavy atom. The topological polar surface area (TPSA) is 235 Å². The van der Waals surface area contributed by atoms with Crippen LogP contribution in [0.1, 0.15) is 187 Å². The van der Waals surface area contributed by atoms with Crippen LogP contribution in [0.3, 0.4) is 0 Å². The third kappa shape index (κ3) is 36.1. The summed E-state index contributed by atoms with van der Waals surface area (Å²) in [5.74, 6) is 6.58. The number of nitrogens with two attached hydrogens (primary N) is 1. The van der Waals surface area contributed by atoms with Crippen molar-refractivity contribution in [3.05, 3.63) is 190 Å². The van der Waals surface area contributed by atoms with Gasteiger partial charge in [-0.25, -0.2) is 19.9 Å². The van der Waals surface area contributed by atoms with Gasteiger partial charge in [-0.1, -0.05) is 226 Å². The first-order chi connectivity index (χ1) is 49.6. The highest BCUT2D eigenvalue weighted by molar-refractivity contribution is 5.51. The monoisotopic (exact) mass is 1380 g/mol. The van der Waals surface area contributed by atoms with Crippen molar-refractivity contribution in [2.75, 3.05) is 121 Å². The number of hydrogen-bond donors (Lipinski definition) is 8. The van der Waals surface area contributed by atoms with Crippen LogP contribution in [0.4, 0.5) is 47.1 Å². The molecule has 0 saturated carbocycles. The molecule has 9 rings (SSSR count). The molecule has 548 valence electrons. The van der Waals surface area contributed by atoms with Crippen molar-refractivity contribution in [3.63, 3.8) is 0 Å². The Bertz CT molecular complexity index is 3260. The van der Waals surface area contributed by atoms with E-state index < -0.39 is 0 Å². The number of benzene rings is 4. The Morgan fingerprint density at radius 3 is 1.33 bits per heavy atom. The SMILES string of the molecule is CCCCCCCCNc1nc(C)c(CCCCCC)c(NCCOCCOCCN)n1.CCCCCCCCNc1nc(C)cc(N2CCCC2)n1.Cc1cc(NCCc2ccccc2)nc(NCCc2ccccc2)n1.Cc1cc(NCc2ccccc2)nc(NCc2ccccc2)n1. The molecule has 1 aliphatic rings. The van der Waals surface area contributed by atoms with E-state index in [1.807, 2.05) is 74.5 Å². The normalized spacial score (nSPS) is 11.5. The van der Waals surface area contributed by atoms with Gasteiger partial charge in [-0.15, -0.1) is 0 Å². The summed E-state index contributed by atoms with van der Waals surface area (Å²) in [6.45, 7) is 25.8. The summed E-state index contributed by atoms with van der Waals surface area (Å²) in [6.07, 6.45) is 26.1. The molecular formula is C82H123N17O2. The van der Waals surface area contributed by atoms with Gasteiger partial charge in [-0.3, -0.25) is 0 Å². The third-order valence-corrected chi connectivity index (χ3v) is 17.0. The Hall–Kier alpha value is -8.52. The van der Waals surface area contributed by atoms with E-state index in [-0.39, 0.29) is 0 Å². The zero-order valence-corrected chi connectivity index (χ0v) is 62.4. The predicted molar refractivity (Wildman–Crippen MR) is 424 cm³/mol. The number of unbranched alkanes of at least 4 members (excludes halogenated alkanes) is 13. The van der Waals surface area contributed by atoms with Crippen LogP contribution in [0.15, 0.2) is 140 Å². The smallest absolute Gasteiger partial charge is 0.225 e. The molecule has 1 saturated heterocycles. The first-order valence-electron chi connectivity index (χ1n) is 38.0. The van der Waals surface area contributed by atoms with Gasteiger partial charge in [-0.05, 0) is 101 Å². The van der Waals surface area contributed by atoms with E-state index in [1.54, 1.807) is 0 Å². The molecule has 8 aromatic rings. The van der Waals surface area contributed by atoms with E-state index in [0.29, 0.717) is 58.0 Å². The zero-order chi connectivity index (χ0) is 71.4. The molecule has 0 aliphatic carbocycles. The lowest BCUT2D eigenvalue weighted by Crippen LogP contribution is -2.20. The fourth-order valence-electron chi connectivity index (χ4n) is 11.4. The molecule has 0 unspecified atom stereocenters. The van der Waals surface area contributed by atoms with Crippen LogP contribution in [0.5, 0.6) is 0 Å². The van der Waals surface area contributed by atoms with Gasteiger partial charge < -0.3 is 57.3 Å². The van der Waals surface area contributed by atoms with E-state index in [1.165, 1.54) is 137 Å². The van der Waals surface area contributed by atoms with E-state index in [9.17, 15) is 0 Å². The predicted octanol–water partition coefficient (Wildman–Crippen LogP) is 17.3. The number of rotatable bonds is 45. The van der Waals surface area contributed by atoms with Gasteiger partial charge in [0.05, 0.1) is 26.4 Å². The minimum atomic E-state index is 0.547. The van der Waals surface area contributed by atoms with E-state index >= 15 is 0 Å². The average molecular weight is 1380 g/mol. The fourth-order valence-corrected chi connectivity index (χ4v) is 11.4. The van der Waals surface area contributed by atoms with Crippen molar-refractivity contribution in [2.45, 2.75) is 196 Å². The van der Waals surface area contributed by atoms with Crippen molar-refractivity contribution in [2.24, 2.45) is 5.73 Å². The Morgan fingerprint density at radius 1 is 0.366 bits per heavy atom. The van der Waals surface area contributed by atoms with Gasteiger partial charge in [0.25, 0.3) is 0 Å². The van der Waals surface area contributed by atoms with Gasteiger partial charge in [0, 0.05) is 112 Å². The summed E-state index contributed by atoms with van der Waals surface area (Å²) in [6, 6.07) is 47.4. The molecule has 101 heavy (non-hydrogen) atoms. The second kappa shape index (κ2) is 51.6. The first-order valence-corrected chi connectivity index (χ1v) is 38.0. The molecule has 1 aliphatic heterocycles. The van der Waals surface area contributed by atoms with E-state index in [2.05, 4.69) is 186 Å². The van der Waals surface area contributed by atoms with Gasteiger partial charge in [0.1, 0.15) is 23.3 Å². The quantitative estimate of drug-likeness (QED) is 0.0166. The molecule has 0 spiro atoms. The summed E-state index contributed by atoms with van der Waals surface area (Å²) in [4.78, 5) is 39.1. The second-order valence-corrected chi connectivity index (χ2v) is 25.9. The molecule has 0 atom stereocenters. The molecule has 19 heteroatoms. The summed E-state index contributed by atoms with van der Waals surface area (Å²) < 4.78 is 11.0. The summed E-state index contributed by atoms with van der Waals surface area (Å²) in [7, 11) is 0. The van der Waals surface area contributed by atoms with Crippen LogP contribution in [0, 0.1) is 27.7 Å². The summed E-state index contributed by atoms with van der Waals surface area (Å²) in [5.41, 5.74) is 15.7. The maximum Gasteiger partial charge on any atom is 0.225 e. The lowest BCUT2D eigenvalue weighted by molar-refractivity contribution is 0.0547. The zero-order valence-electron chi connectivity index (χ0n) is 62.4. The van der Waals surface area contributed by atoms with Crippen LogP contribution >= 0.6 is 0 Å². The van der Waals surface area contributed by atoms with Crippen molar-refractivity contribution in [3.8, 4) is 0 Å². The van der Waals surface area contributed by atoms with Crippen LogP contribution in [0.2, 0.25) is 0 Å². The highest BCUT2D eigenvalue weighted by Crippen LogP contribution is 2.23. The molecule has 5 heterocycles. The highest BCUT2D eigenvalue weighted by Gasteiger charge is 2.16. The number of aryl methyl sites for hydroxylation is 4. The second-order valence-electron chi connectivity index (χ2n) is 25.9. The number of nitrogens with one attached hydrogen (secondary N) is 7. The molecule has 19 nitrogen and oxygen atoms in total. The number of ether oxygens (including phenoxy) is 2. The fraction of sp³-hybridized carbons (Fsp3) is 0.512. The molecular weight excluding hydrogens is 1260 g/mol. The van der Waals surface area contributed by atoms with Gasteiger partial charge >= 0.3 is 0 Å². The Kier molecular flexibility index (Phi) is 41.6. The van der Waals surface area contributed by atoms with Gasteiger partial charge in [-0.2, -0.15) is 19.9 Å². The van der Waals surface area contributed by atoms with Crippen molar-refractivity contribution in [1.82, 2.24) is 39.9 Å². The highest BCUT2D eigenvalue weighted by atomic mass is 16.5. The first kappa shape index (κ1) is 81.4. The van der Waals surface area contributed by atoms with E-state index in [0.717, 1.165) is 129 Å². The lowest BCUT2D eigenvalue weighted by atomic mass is 10.1. The molecule has 1 fully saturated rings. The van der Waals surface area contributed by atoms with Gasteiger partial charge in [0.2, 0.25) is 23.8 Å². The minimum Gasteiger partial charge on any atom is -0.378 e. The molecule has 0 amide bonds. The van der Waals surface area contributed by atoms with Crippen LogP contribution in [-0.4, -0.2) is 119 Å². The molecule has 4 aromatic heterocycles. The minimum absolute atomic E-state index is 0.547. The maximum absolute atomic E-state index is 5.65. The number of aromatic nitrogens is 8. The standard InChI is InChI=1S/C25H49N5O2.C21H24N4.C19H20N4.C17H30N4/c1-4-6-8-10-11-13-16-28-25-29-22(3)23(14-12-9-7-5-2)24(30-25)27-17-19-32-21-20-31-18-15-26;1-17-16-20(22-14-12-18-8-4-2-5-9-18)25-21(24-17)23-15-13-19-10-6-3-7-11-19;1-15-12-18(20-13-16-8-4-2-5-9-16)23-19(22-15)21-14-17-10-6-3-7-11-17;1-3-4-5-6-7-8-11-18-17-19-15(2)14-16(20-17)21-12-9-10-13-21/h4-21,26H2,1-3H3,(H2,27,28,29,30);2-11,16H,12-15H2,1H3,(H2,22,23,24,25);2-12H,13-14H2,1H3,(H2,20,21,22,23);14H,3-13H2,1-2H3,(H,18,19,20). The molecule has 0 bridgehead atoms. The van der Waals surface area contributed by atoms with Crippen LogP contribution in [0.25, 0.3) is 0 Å². The summed E-state index contributed by atoms with van der Waals surface area (Å²) >= 11 is 0. The summed E-state index contributed by atoms with van der Waals surface area (Å²) in [5, 5.41) is 23.6. The molecule has 9 N–H and O–H groups in total.